The lowest BCUT2D eigenvalue weighted by Crippen LogP contribution is -2.31. The van der Waals surface area contributed by atoms with Gasteiger partial charge in [-0.3, -0.25) is 4.79 Å². The second-order valence-electron chi connectivity index (χ2n) is 3.01. The number of hydrogen-bond acceptors (Lipinski definition) is 3. The summed E-state index contributed by atoms with van der Waals surface area (Å²) in [4.78, 5) is 10.9. The summed E-state index contributed by atoms with van der Waals surface area (Å²) < 4.78 is -0.0828. The van der Waals surface area contributed by atoms with Gasteiger partial charge >= 0.3 is 5.97 Å². The van der Waals surface area contributed by atoms with Crippen molar-refractivity contribution in [2.75, 3.05) is 11.5 Å². The first-order valence-electron chi connectivity index (χ1n) is 4.11. The second-order valence-corrected chi connectivity index (χ2v) is 6.36. The number of thioether (sulfide) groups is 2. The quantitative estimate of drug-likeness (QED) is 0.769. The fourth-order valence-corrected chi connectivity index (χ4v) is 4.75. The third-order valence-electron chi connectivity index (χ3n) is 2.20. The molecule has 0 saturated carbocycles. The Morgan fingerprint density at radius 1 is 1.58 bits per heavy atom. The molecular weight excluding hydrogens is 192 g/mol. The van der Waals surface area contributed by atoms with Crippen molar-refractivity contribution in [3.63, 3.8) is 0 Å². The van der Waals surface area contributed by atoms with E-state index in [9.17, 15) is 4.79 Å². The molecule has 1 saturated heterocycles. The zero-order valence-corrected chi connectivity index (χ0v) is 9.00. The summed E-state index contributed by atoms with van der Waals surface area (Å²) in [6.45, 7) is 4.00. The zero-order valence-electron chi connectivity index (χ0n) is 7.37. The topological polar surface area (TPSA) is 37.3 Å². The monoisotopic (exact) mass is 206 g/mol. The zero-order chi connectivity index (χ0) is 9.19. The van der Waals surface area contributed by atoms with Gasteiger partial charge in [0.2, 0.25) is 0 Å². The highest BCUT2D eigenvalue weighted by molar-refractivity contribution is 8.21. The molecule has 1 aliphatic rings. The molecule has 70 valence electrons. The first kappa shape index (κ1) is 10.3. The first-order chi connectivity index (χ1) is 5.60. The first-order valence-corrected chi connectivity index (χ1v) is 6.08. The van der Waals surface area contributed by atoms with Crippen LogP contribution in [0.4, 0.5) is 0 Å². The van der Waals surface area contributed by atoms with Crippen LogP contribution in [0.1, 0.15) is 20.3 Å². The molecule has 0 bridgehead atoms. The molecule has 0 spiro atoms. The summed E-state index contributed by atoms with van der Waals surface area (Å²) in [5, 5.41) is 8.97. The summed E-state index contributed by atoms with van der Waals surface area (Å²) in [6, 6.07) is 0. The van der Waals surface area contributed by atoms with E-state index in [1.165, 1.54) is 0 Å². The molecule has 1 unspecified atom stereocenters. The van der Waals surface area contributed by atoms with E-state index in [1.807, 2.05) is 6.92 Å². The Kier molecular flexibility index (Phi) is 3.35. The molecule has 1 fully saturated rings. The average molecular weight is 206 g/mol. The van der Waals surface area contributed by atoms with E-state index in [1.54, 1.807) is 23.5 Å². The third-order valence-corrected chi connectivity index (χ3v) is 5.70. The molecule has 1 atom stereocenters. The molecule has 1 N–H and O–H groups in total. The van der Waals surface area contributed by atoms with E-state index < -0.39 is 5.97 Å². The number of rotatable bonds is 3. The van der Waals surface area contributed by atoms with Crippen LogP contribution >= 0.6 is 23.5 Å². The van der Waals surface area contributed by atoms with Crippen LogP contribution in [0.5, 0.6) is 0 Å². The van der Waals surface area contributed by atoms with Crippen molar-refractivity contribution >= 4 is 29.5 Å². The van der Waals surface area contributed by atoms with Crippen LogP contribution in [0.15, 0.2) is 0 Å². The van der Waals surface area contributed by atoms with Gasteiger partial charge in [-0.1, -0.05) is 6.92 Å². The number of hydrogen-bond donors (Lipinski definition) is 1. The van der Waals surface area contributed by atoms with Crippen LogP contribution in [0.2, 0.25) is 0 Å². The van der Waals surface area contributed by atoms with Gasteiger partial charge in [0.1, 0.15) is 0 Å². The van der Waals surface area contributed by atoms with Gasteiger partial charge in [-0.25, -0.2) is 0 Å². The van der Waals surface area contributed by atoms with E-state index in [0.29, 0.717) is 0 Å². The molecule has 2 nitrogen and oxygen atoms in total. The number of carboxylic acid groups (broad SMARTS) is 1. The molecule has 1 rings (SSSR count). The van der Waals surface area contributed by atoms with Crippen molar-refractivity contribution in [1.82, 2.24) is 0 Å². The second kappa shape index (κ2) is 3.92. The van der Waals surface area contributed by atoms with E-state index in [0.717, 1.165) is 17.9 Å². The van der Waals surface area contributed by atoms with Gasteiger partial charge in [-0.15, -0.1) is 23.5 Å². The predicted octanol–water partition coefficient (Wildman–Crippen LogP) is 2.29. The summed E-state index contributed by atoms with van der Waals surface area (Å²) in [5.41, 5.74) is 0. The molecule has 0 aromatic carbocycles. The van der Waals surface area contributed by atoms with Gasteiger partial charge in [0.05, 0.1) is 10.00 Å². The average Bonchev–Trinajstić information content (AvgIpc) is 2.37. The van der Waals surface area contributed by atoms with E-state index in [2.05, 4.69) is 6.92 Å². The summed E-state index contributed by atoms with van der Waals surface area (Å²) in [5.74, 6) is 1.33. The minimum atomic E-state index is -0.651. The maximum atomic E-state index is 10.9. The van der Waals surface area contributed by atoms with Crippen molar-refractivity contribution in [1.29, 1.82) is 0 Å². The van der Waals surface area contributed by atoms with Gasteiger partial charge in [0.25, 0.3) is 0 Å². The lowest BCUT2D eigenvalue weighted by Gasteiger charge is -2.28. The lowest BCUT2D eigenvalue weighted by molar-refractivity contribution is -0.141. The molecule has 0 amide bonds. The third kappa shape index (κ3) is 1.91. The van der Waals surface area contributed by atoms with Gasteiger partial charge < -0.3 is 5.11 Å². The maximum Gasteiger partial charge on any atom is 0.308 e. The fourth-order valence-electron chi connectivity index (χ4n) is 1.50. The minimum Gasteiger partial charge on any atom is -0.481 e. The van der Waals surface area contributed by atoms with Crippen LogP contribution in [0, 0.1) is 5.92 Å². The number of aliphatic carboxylic acids is 1. The van der Waals surface area contributed by atoms with Crippen LogP contribution < -0.4 is 0 Å². The highest BCUT2D eigenvalue weighted by Crippen LogP contribution is 2.49. The van der Waals surface area contributed by atoms with Crippen molar-refractivity contribution in [3.05, 3.63) is 0 Å². The highest BCUT2D eigenvalue weighted by atomic mass is 32.2. The van der Waals surface area contributed by atoms with Crippen molar-refractivity contribution in [2.24, 2.45) is 5.92 Å². The summed E-state index contributed by atoms with van der Waals surface area (Å²) >= 11 is 3.58. The van der Waals surface area contributed by atoms with E-state index in [4.69, 9.17) is 5.11 Å². The molecule has 0 aromatic heterocycles. The van der Waals surface area contributed by atoms with Gasteiger partial charge in [-0.2, -0.15) is 0 Å². The predicted molar refractivity (Wildman–Crippen MR) is 54.7 cm³/mol. The van der Waals surface area contributed by atoms with Crippen molar-refractivity contribution in [2.45, 2.75) is 24.3 Å². The molecule has 1 heterocycles. The molecule has 0 radical (unpaired) electrons. The van der Waals surface area contributed by atoms with Gasteiger partial charge in [-0.05, 0) is 13.3 Å². The molecule has 4 heteroatoms. The Bertz CT molecular complexity index is 176. The number of carboxylic acids is 1. The van der Waals surface area contributed by atoms with E-state index in [-0.39, 0.29) is 10.00 Å². The van der Waals surface area contributed by atoms with Crippen LogP contribution in [0.3, 0.4) is 0 Å². The van der Waals surface area contributed by atoms with E-state index >= 15 is 0 Å². The van der Waals surface area contributed by atoms with Crippen LogP contribution in [-0.4, -0.2) is 26.7 Å². The van der Waals surface area contributed by atoms with Crippen molar-refractivity contribution in [3.8, 4) is 0 Å². The maximum absolute atomic E-state index is 10.9. The standard InChI is InChI=1S/C8H14O2S2/c1-3-6(7(9)10)8(2)11-4-5-12-8/h6H,3-5H2,1-2H3,(H,9,10). The van der Waals surface area contributed by atoms with Gasteiger partial charge in [0.15, 0.2) is 0 Å². The molecule has 12 heavy (non-hydrogen) atoms. The molecular formula is C8H14O2S2. The largest absolute Gasteiger partial charge is 0.481 e. The molecule has 0 aromatic rings. The Balaban J connectivity index is 2.69. The number of carbonyl (C=O) groups is 1. The fraction of sp³-hybridized carbons (Fsp3) is 0.875. The lowest BCUT2D eigenvalue weighted by atomic mass is 10.0. The SMILES string of the molecule is CCC(C(=O)O)C1(C)SCCS1. The normalized spacial score (nSPS) is 23.8. The summed E-state index contributed by atoms with van der Waals surface area (Å²) in [6.07, 6.45) is 0.728. The smallest absolute Gasteiger partial charge is 0.308 e. The summed E-state index contributed by atoms with van der Waals surface area (Å²) in [7, 11) is 0. The van der Waals surface area contributed by atoms with Crippen LogP contribution in [0.25, 0.3) is 0 Å². The van der Waals surface area contributed by atoms with Crippen LogP contribution in [-0.2, 0) is 4.79 Å². The Hall–Kier alpha value is 0.170. The molecule has 1 aliphatic heterocycles. The molecule has 0 aliphatic carbocycles. The Labute approximate surface area is 81.5 Å². The van der Waals surface area contributed by atoms with Crippen molar-refractivity contribution < 1.29 is 9.90 Å². The van der Waals surface area contributed by atoms with Gasteiger partial charge in [0, 0.05) is 11.5 Å². The Morgan fingerprint density at radius 3 is 2.42 bits per heavy atom. The minimum absolute atomic E-state index is 0.0828. The highest BCUT2D eigenvalue weighted by Gasteiger charge is 2.41. The Morgan fingerprint density at radius 2 is 2.08 bits per heavy atom.